The average molecular weight is 609 g/mol. The maximum Gasteiger partial charge on any atom is 0.307 e. The molecule has 2 heteroatoms. The molecule has 45 heavy (non-hydrogen) atoms. The largest absolute Gasteiger partial charge is 0.348 e. The highest BCUT2D eigenvalue weighted by Gasteiger charge is 2.13. The van der Waals surface area contributed by atoms with Crippen molar-refractivity contribution in [2.24, 2.45) is 0 Å². The Kier molecular flexibility index (Phi) is 20.7. The Bertz CT molecular complexity index is 1190. The molecule has 0 bridgehead atoms. The zero-order chi connectivity index (χ0) is 32.5. The Hall–Kier alpha value is -2.92. The van der Waals surface area contributed by atoms with Crippen molar-refractivity contribution in [1.29, 1.82) is 0 Å². The van der Waals surface area contributed by atoms with Gasteiger partial charge in [0.05, 0.1) is 0 Å². The van der Waals surface area contributed by atoms with Gasteiger partial charge >= 0.3 is 5.87 Å². The summed E-state index contributed by atoms with van der Waals surface area (Å²) >= 11 is 0. The Balaban J connectivity index is 2.73. The fourth-order valence-electron chi connectivity index (χ4n) is 6.07. The molecule has 0 atom stereocenters. The molecule has 0 amide bonds. The number of allylic oxidation sites excluding steroid dienone is 4. The van der Waals surface area contributed by atoms with Crippen LogP contribution in [0.3, 0.4) is 0 Å². The van der Waals surface area contributed by atoms with E-state index in [1.54, 1.807) is 0 Å². The summed E-state index contributed by atoms with van der Waals surface area (Å²) in [5.41, 5.74) is 19.9. The third kappa shape index (κ3) is 15.8. The number of hydrogen-bond donors (Lipinski definition) is 0. The van der Waals surface area contributed by atoms with Crippen molar-refractivity contribution >= 4 is 11.4 Å². The van der Waals surface area contributed by atoms with E-state index in [1.165, 1.54) is 135 Å². The molecule has 2 nitrogen and oxygen atoms in total. The van der Waals surface area contributed by atoms with E-state index in [0.717, 1.165) is 37.7 Å². The second-order valence-electron chi connectivity index (χ2n) is 13.0. The molecular weight excluding hydrogens is 544 g/mol. The minimum Gasteiger partial charge on any atom is -0.348 e. The standard InChI is InChI=1S/C43H64N2/c1-6-11-16-19-22-27-40(35-45-44)34-43(41-30-36(23-14-9-4)28-37(31-41)24-15-10-5)42-32-38(25-20-17-12-7-2)29-39(33-42)26-21-18-13-8-3/h22,27-34H,6-21,23-26H2,1-5H3. The quantitative estimate of drug-likeness (QED) is 0.0374. The van der Waals surface area contributed by atoms with Crippen LogP contribution in [0, 0.1) is 0 Å². The molecule has 0 N–H and O–H groups in total. The first-order valence-electron chi connectivity index (χ1n) is 18.7. The normalized spacial score (nSPS) is 11.6. The van der Waals surface area contributed by atoms with Gasteiger partial charge in [-0.2, -0.15) is 0 Å². The molecule has 0 saturated heterocycles. The van der Waals surface area contributed by atoms with Crippen molar-refractivity contribution < 1.29 is 4.79 Å². The average Bonchev–Trinajstić information content (AvgIpc) is 3.05. The molecule has 0 saturated carbocycles. The van der Waals surface area contributed by atoms with Crippen molar-refractivity contribution in [2.45, 2.75) is 163 Å². The maximum absolute atomic E-state index is 9.61. The molecule has 0 aliphatic rings. The van der Waals surface area contributed by atoms with E-state index in [-0.39, 0.29) is 0 Å². The first-order valence-corrected chi connectivity index (χ1v) is 18.7. The minimum atomic E-state index is 0.816. The second-order valence-corrected chi connectivity index (χ2v) is 13.0. The molecule has 246 valence electrons. The highest BCUT2D eigenvalue weighted by molar-refractivity contribution is 5.85. The predicted octanol–water partition coefficient (Wildman–Crippen LogP) is 13.0. The van der Waals surface area contributed by atoms with E-state index >= 15 is 0 Å². The number of nitrogens with zero attached hydrogens (tertiary/aromatic N) is 2. The molecule has 0 radical (unpaired) electrons. The first kappa shape index (κ1) is 38.3. The fourth-order valence-corrected chi connectivity index (χ4v) is 6.07. The molecule has 0 unspecified atom stereocenters. The smallest absolute Gasteiger partial charge is 0.307 e. The van der Waals surface area contributed by atoms with Gasteiger partial charge in [-0.3, -0.25) is 0 Å². The van der Waals surface area contributed by atoms with Crippen LogP contribution in [0.15, 0.2) is 60.2 Å². The summed E-state index contributed by atoms with van der Waals surface area (Å²) in [4.78, 5) is 3.38. The lowest BCUT2D eigenvalue weighted by molar-refractivity contribution is 0.00772. The monoisotopic (exact) mass is 609 g/mol. The van der Waals surface area contributed by atoms with E-state index in [4.69, 9.17) is 0 Å². The summed E-state index contributed by atoms with van der Waals surface area (Å²) in [6.07, 6.45) is 30.6. The number of aryl methyl sites for hydroxylation is 4. The van der Waals surface area contributed by atoms with Crippen LogP contribution >= 0.6 is 0 Å². The molecule has 0 aliphatic heterocycles. The predicted molar refractivity (Wildman–Crippen MR) is 198 cm³/mol. The van der Waals surface area contributed by atoms with E-state index in [1.807, 2.05) is 0 Å². The maximum atomic E-state index is 9.61. The molecule has 2 aromatic carbocycles. The highest BCUT2D eigenvalue weighted by Crippen LogP contribution is 2.31. The van der Waals surface area contributed by atoms with E-state index in [0.29, 0.717) is 0 Å². The zero-order valence-corrected chi connectivity index (χ0v) is 29.7. The van der Waals surface area contributed by atoms with Gasteiger partial charge in [0.2, 0.25) is 0 Å². The van der Waals surface area contributed by atoms with Gasteiger partial charge in [0, 0.05) is 0 Å². The summed E-state index contributed by atoms with van der Waals surface area (Å²) in [6.45, 7) is 11.4. The molecular formula is C43H64N2. The van der Waals surface area contributed by atoms with Crippen LogP contribution in [0.1, 0.15) is 171 Å². The van der Waals surface area contributed by atoms with Gasteiger partial charge < -0.3 is 5.53 Å². The van der Waals surface area contributed by atoms with Crippen LogP contribution in [0.5, 0.6) is 0 Å². The number of unbranched alkanes of at least 4 members (excludes halogenated alkanes) is 11. The summed E-state index contributed by atoms with van der Waals surface area (Å²) in [5.74, 6) is 2.90. The van der Waals surface area contributed by atoms with Gasteiger partial charge in [0.1, 0.15) is 5.57 Å². The number of benzene rings is 2. The van der Waals surface area contributed by atoms with Gasteiger partial charge in [0.15, 0.2) is 0 Å². The van der Waals surface area contributed by atoms with Crippen LogP contribution in [-0.4, -0.2) is 10.7 Å². The van der Waals surface area contributed by atoms with Crippen LogP contribution in [-0.2, 0) is 25.7 Å². The van der Waals surface area contributed by atoms with Crippen molar-refractivity contribution in [3.63, 3.8) is 0 Å². The van der Waals surface area contributed by atoms with Crippen molar-refractivity contribution in [3.05, 3.63) is 99.1 Å². The molecule has 0 fully saturated rings. The lowest BCUT2D eigenvalue weighted by atomic mass is 9.88. The minimum absolute atomic E-state index is 0.816. The van der Waals surface area contributed by atoms with E-state index < -0.39 is 0 Å². The lowest BCUT2D eigenvalue weighted by Gasteiger charge is -2.16. The molecule has 0 spiro atoms. The van der Waals surface area contributed by atoms with E-state index in [2.05, 4.69) is 99.9 Å². The van der Waals surface area contributed by atoms with Crippen molar-refractivity contribution in [1.82, 2.24) is 0 Å². The Morgan fingerprint density at radius 2 is 0.978 bits per heavy atom. The Labute approximate surface area is 277 Å². The molecule has 0 heterocycles. The molecule has 0 aliphatic carbocycles. The Morgan fingerprint density at radius 1 is 0.556 bits per heavy atom. The summed E-state index contributed by atoms with van der Waals surface area (Å²) in [5, 5.41) is 0. The van der Waals surface area contributed by atoms with Crippen LogP contribution in [0.4, 0.5) is 0 Å². The first-order chi connectivity index (χ1) is 22.1. The fraction of sp³-hybridized carbons (Fsp3) is 0.581. The molecule has 2 rings (SSSR count). The SMILES string of the molecule is CCCCCC=CC(=C=[N+]=[N-])C=C(c1cc(CCCC)cc(CCCC)c1)c1cc(CCCCCC)cc(CCCCCC)c1. The van der Waals surface area contributed by atoms with Crippen molar-refractivity contribution in [3.8, 4) is 0 Å². The van der Waals surface area contributed by atoms with Crippen LogP contribution in [0.2, 0.25) is 0 Å². The summed E-state index contributed by atoms with van der Waals surface area (Å²) in [6, 6.07) is 14.6. The van der Waals surface area contributed by atoms with Crippen molar-refractivity contribution in [2.75, 3.05) is 0 Å². The summed E-state index contributed by atoms with van der Waals surface area (Å²) < 4.78 is 0. The van der Waals surface area contributed by atoms with Gasteiger partial charge in [0.25, 0.3) is 0 Å². The van der Waals surface area contributed by atoms with Crippen LogP contribution in [0.25, 0.3) is 11.1 Å². The van der Waals surface area contributed by atoms with Crippen LogP contribution < -0.4 is 0 Å². The lowest BCUT2D eigenvalue weighted by Crippen LogP contribution is -1.99. The third-order valence-corrected chi connectivity index (χ3v) is 8.75. The van der Waals surface area contributed by atoms with Gasteiger partial charge in [-0.25, -0.2) is 0 Å². The zero-order valence-electron chi connectivity index (χ0n) is 29.7. The molecule has 0 aromatic heterocycles. The topological polar surface area (TPSA) is 36.4 Å². The Morgan fingerprint density at radius 3 is 1.40 bits per heavy atom. The van der Waals surface area contributed by atoms with Gasteiger partial charge in [-0.15, -0.1) is 4.79 Å². The van der Waals surface area contributed by atoms with E-state index in [9.17, 15) is 5.53 Å². The number of rotatable bonds is 24. The highest BCUT2D eigenvalue weighted by atomic mass is 14.8. The number of hydrogen-bond acceptors (Lipinski definition) is 0. The van der Waals surface area contributed by atoms with Gasteiger partial charge in [-0.1, -0.05) is 141 Å². The van der Waals surface area contributed by atoms with Gasteiger partial charge in [-0.05, 0) is 115 Å². The molecule has 2 aromatic rings. The summed E-state index contributed by atoms with van der Waals surface area (Å²) in [7, 11) is 0. The second kappa shape index (κ2) is 24.3. The third-order valence-electron chi connectivity index (χ3n) is 8.75.